The van der Waals surface area contributed by atoms with Crippen molar-refractivity contribution in [3.05, 3.63) is 111 Å². The van der Waals surface area contributed by atoms with Crippen molar-refractivity contribution >= 4 is 27.2 Å². The minimum absolute atomic E-state index is 0.0368. The number of hydrogen-bond donors (Lipinski definition) is 0. The molecule has 0 aromatic heterocycles. The molecular formula is C30H21NO6. The second kappa shape index (κ2) is 8.41. The quantitative estimate of drug-likeness (QED) is 0.145. The summed E-state index contributed by atoms with van der Waals surface area (Å²) in [7, 11) is 0. The van der Waals surface area contributed by atoms with Crippen LogP contribution in [0.4, 0.5) is 5.69 Å². The third kappa shape index (κ3) is 3.59. The first-order valence-corrected chi connectivity index (χ1v) is 12.0. The highest BCUT2D eigenvalue weighted by Gasteiger charge is 2.23. The number of nitrogens with zero attached hydrogens (tertiary/aromatic N) is 1. The zero-order chi connectivity index (χ0) is 24.9. The van der Waals surface area contributed by atoms with Crippen LogP contribution in [-0.2, 0) is 26.4 Å². The molecule has 7 rings (SSSR count). The first-order valence-electron chi connectivity index (χ1n) is 12.0. The number of ether oxygens (including phenoxy) is 4. The van der Waals surface area contributed by atoms with Crippen LogP contribution in [0.25, 0.3) is 21.5 Å². The Bertz CT molecular complexity index is 1730. The van der Waals surface area contributed by atoms with Gasteiger partial charge in [0.25, 0.3) is 5.69 Å². The van der Waals surface area contributed by atoms with Crippen molar-refractivity contribution < 1.29 is 23.9 Å². The van der Waals surface area contributed by atoms with E-state index in [1.54, 1.807) is 6.07 Å². The maximum atomic E-state index is 11.2. The second-order valence-electron chi connectivity index (χ2n) is 9.18. The maximum Gasteiger partial charge on any atom is 0.273 e. The van der Waals surface area contributed by atoms with Gasteiger partial charge in [0, 0.05) is 16.8 Å². The monoisotopic (exact) mass is 491 g/mol. The van der Waals surface area contributed by atoms with Gasteiger partial charge in [-0.25, -0.2) is 0 Å². The molecule has 2 aliphatic rings. The highest BCUT2D eigenvalue weighted by Crippen LogP contribution is 2.45. The number of non-ortho nitro benzene ring substituents is 1. The lowest BCUT2D eigenvalue weighted by Gasteiger charge is -2.25. The van der Waals surface area contributed by atoms with Gasteiger partial charge in [0.1, 0.15) is 26.4 Å². The Morgan fingerprint density at radius 3 is 1.51 bits per heavy atom. The molecule has 0 radical (unpaired) electrons. The van der Waals surface area contributed by atoms with E-state index in [-0.39, 0.29) is 12.3 Å². The van der Waals surface area contributed by atoms with E-state index in [2.05, 4.69) is 36.4 Å². The summed E-state index contributed by atoms with van der Waals surface area (Å²) in [6, 6.07) is 25.0. The summed E-state index contributed by atoms with van der Waals surface area (Å²) in [4.78, 5) is 10.7. The fourth-order valence-electron chi connectivity index (χ4n) is 5.15. The Labute approximate surface area is 211 Å². The number of nitro groups is 1. The zero-order valence-corrected chi connectivity index (χ0v) is 19.7. The molecule has 37 heavy (non-hydrogen) atoms. The average Bonchev–Trinajstić information content (AvgIpc) is 2.91. The lowest BCUT2D eigenvalue weighted by Crippen LogP contribution is -2.14. The molecule has 0 saturated carbocycles. The van der Waals surface area contributed by atoms with Crippen molar-refractivity contribution in [3.63, 3.8) is 0 Å². The average molecular weight is 491 g/mol. The van der Waals surface area contributed by atoms with Gasteiger partial charge in [-0.05, 0) is 51.2 Å². The molecule has 182 valence electrons. The second-order valence-corrected chi connectivity index (χ2v) is 9.18. The molecule has 0 atom stereocenters. The third-order valence-electron chi connectivity index (χ3n) is 7.01. The van der Waals surface area contributed by atoms with E-state index in [4.69, 9.17) is 18.9 Å². The van der Waals surface area contributed by atoms with Crippen molar-refractivity contribution in [3.8, 4) is 23.0 Å². The van der Waals surface area contributed by atoms with Gasteiger partial charge in [-0.1, -0.05) is 48.5 Å². The molecule has 0 amide bonds. The molecule has 2 heterocycles. The van der Waals surface area contributed by atoms with Crippen molar-refractivity contribution in [1.29, 1.82) is 0 Å². The predicted octanol–water partition coefficient (Wildman–Crippen LogP) is 6.84. The SMILES string of the molecule is O=[N+]([O-])c1ccc2c(c1)OCc1cc3c(cc1CO2)COc1c(c2ccccc2c2ccccc12)OC3. The van der Waals surface area contributed by atoms with Gasteiger partial charge >= 0.3 is 0 Å². The summed E-state index contributed by atoms with van der Waals surface area (Å²) in [6.07, 6.45) is 0. The summed E-state index contributed by atoms with van der Waals surface area (Å²) in [5.74, 6) is 2.34. The third-order valence-corrected chi connectivity index (χ3v) is 7.01. The van der Waals surface area contributed by atoms with E-state index in [9.17, 15) is 10.1 Å². The number of benzene rings is 5. The van der Waals surface area contributed by atoms with Crippen LogP contribution in [0.15, 0.2) is 78.9 Å². The van der Waals surface area contributed by atoms with Gasteiger partial charge in [0.05, 0.1) is 11.0 Å². The normalized spacial score (nSPS) is 14.1. The van der Waals surface area contributed by atoms with Crippen LogP contribution in [0, 0.1) is 10.1 Å². The molecule has 0 fully saturated rings. The summed E-state index contributed by atoms with van der Waals surface area (Å²) < 4.78 is 24.8. The molecule has 5 aromatic rings. The molecule has 7 heteroatoms. The summed E-state index contributed by atoms with van der Waals surface area (Å²) in [6.45, 7) is 1.36. The minimum Gasteiger partial charge on any atom is -0.485 e. The Hall–Kier alpha value is -4.78. The van der Waals surface area contributed by atoms with E-state index in [0.29, 0.717) is 31.3 Å². The van der Waals surface area contributed by atoms with Crippen molar-refractivity contribution in [2.24, 2.45) is 0 Å². The van der Waals surface area contributed by atoms with Crippen LogP contribution >= 0.6 is 0 Å². The van der Waals surface area contributed by atoms with Crippen molar-refractivity contribution in [1.82, 2.24) is 0 Å². The summed E-state index contributed by atoms with van der Waals surface area (Å²) in [5, 5.41) is 15.5. The Morgan fingerprint density at radius 2 is 1.00 bits per heavy atom. The van der Waals surface area contributed by atoms with Crippen molar-refractivity contribution in [2.45, 2.75) is 26.4 Å². The predicted molar refractivity (Wildman–Crippen MR) is 138 cm³/mol. The van der Waals surface area contributed by atoms with E-state index >= 15 is 0 Å². The Kier molecular flexibility index (Phi) is 4.89. The highest BCUT2D eigenvalue weighted by molar-refractivity contribution is 6.13. The minimum atomic E-state index is -0.443. The van der Waals surface area contributed by atoms with Crippen LogP contribution in [0.5, 0.6) is 23.0 Å². The standard InChI is InChI=1S/C30H21NO6/c32-31(33)22-9-10-27-28(13-22)35-15-19-12-21-17-37-30-26-8-4-2-6-24(26)23-5-1-3-7-25(23)29(30)36-16-20(21)11-18(19)14-34-27/h1-13H,14-17H2. The molecule has 5 aromatic carbocycles. The molecule has 7 nitrogen and oxygen atoms in total. The lowest BCUT2D eigenvalue weighted by molar-refractivity contribution is -0.385. The molecule has 0 aliphatic carbocycles. The molecule has 0 unspecified atom stereocenters. The van der Waals surface area contributed by atoms with E-state index < -0.39 is 4.92 Å². The van der Waals surface area contributed by atoms with Crippen LogP contribution in [0.1, 0.15) is 22.3 Å². The van der Waals surface area contributed by atoms with Crippen LogP contribution in [-0.4, -0.2) is 4.92 Å². The van der Waals surface area contributed by atoms with Gasteiger partial charge in [-0.15, -0.1) is 0 Å². The van der Waals surface area contributed by atoms with Gasteiger partial charge < -0.3 is 18.9 Å². The molecule has 0 spiro atoms. The van der Waals surface area contributed by atoms with Gasteiger partial charge in [0.2, 0.25) is 0 Å². The fraction of sp³-hybridized carbons (Fsp3) is 0.133. The van der Waals surface area contributed by atoms with Crippen LogP contribution < -0.4 is 18.9 Å². The molecular weight excluding hydrogens is 470 g/mol. The highest BCUT2D eigenvalue weighted by atomic mass is 16.6. The Morgan fingerprint density at radius 1 is 0.541 bits per heavy atom. The topological polar surface area (TPSA) is 80.1 Å². The van der Waals surface area contributed by atoms with Gasteiger partial charge in [-0.3, -0.25) is 10.1 Å². The molecule has 0 saturated heterocycles. The first-order chi connectivity index (χ1) is 18.2. The number of rotatable bonds is 1. The summed E-state index contributed by atoms with van der Waals surface area (Å²) in [5.41, 5.74) is 3.92. The van der Waals surface area contributed by atoms with Crippen LogP contribution in [0.2, 0.25) is 0 Å². The zero-order valence-electron chi connectivity index (χ0n) is 19.7. The van der Waals surface area contributed by atoms with E-state index in [1.807, 2.05) is 24.3 Å². The molecule has 0 N–H and O–H groups in total. The van der Waals surface area contributed by atoms with Gasteiger partial charge in [-0.2, -0.15) is 0 Å². The lowest BCUT2D eigenvalue weighted by atomic mass is 9.97. The number of nitro benzene ring substituents is 1. The summed E-state index contributed by atoms with van der Waals surface area (Å²) >= 11 is 0. The maximum absolute atomic E-state index is 11.2. The van der Waals surface area contributed by atoms with Crippen LogP contribution in [0.3, 0.4) is 0 Å². The smallest absolute Gasteiger partial charge is 0.273 e. The first kappa shape index (κ1) is 21.5. The Balaban J connectivity index is 1.27. The fourth-order valence-corrected chi connectivity index (χ4v) is 5.15. The van der Waals surface area contributed by atoms with E-state index in [0.717, 1.165) is 55.3 Å². The van der Waals surface area contributed by atoms with E-state index in [1.165, 1.54) is 12.1 Å². The number of fused-ring (bicyclic) bond motifs is 9. The number of hydrogen-bond acceptors (Lipinski definition) is 6. The van der Waals surface area contributed by atoms with Gasteiger partial charge in [0.15, 0.2) is 23.0 Å². The largest absolute Gasteiger partial charge is 0.485 e. The van der Waals surface area contributed by atoms with Crippen molar-refractivity contribution in [2.75, 3.05) is 0 Å². The molecule has 0 bridgehead atoms. The molecule has 2 aliphatic heterocycles.